The van der Waals surface area contributed by atoms with E-state index in [1.807, 2.05) is 83.6 Å². The number of carbonyl (C=O) groups is 2. The minimum Gasteiger partial charge on any atom is -0.465 e. The van der Waals surface area contributed by atoms with Crippen LogP contribution in [0.2, 0.25) is 0 Å². The highest BCUT2D eigenvalue weighted by molar-refractivity contribution is 7.99. The summed E-state index contributed by atoms with van der Waals surface area (Å²) in [5.74, 6) is 3.82. The van der Waals surface area contributed by atoms with E-state index >= 15 is 0 Å². The minimum atomic E-state index is -3.55. The van der Waals surface area contributed by atoms with Gasteiger partial charge in [0, 0.05) is 34.3 Å². The highest BCUT2D eigenvalue weighted by Crippen LogP contribution is 2.46. The maximum absolute atomic E-state index is 12.0. The van der Waals surface area contributed by atoms with Gasteiger partial charge in [0.2, 0.25) is 0 Å². The number of hydrogen-bond acceptors (Lipinski definition) is 15. The number of thioether (sulfide) groups is 1. The Kier molecular flexibility index (Phi) is 33.6. The Bertz CT molecular complexity index is 2870. The van der Waals surface area contributed by atoms with Crippen molar-refractivity contribution in [1.29, 1.82) is 0 Å². The Hall–Kier alpha value is -3.29. The molecule has 97 heavy (non-hydrogen) atoms. The van der Waals surface area contributed by atoms with Crippen LogP contribution in [0.1, 0.15) is 213 Å². The molecule has 0 spiro atoms. The van der Waals surface area contributed by atoms with Gasteiger partial charge in [-0.15, -0.1) is 24.4 Å². The topological polar surface area (TPSA) is 151 Å². The smallest absolute Gasteiger partial charge is 0.311 e. The Morgan fingerprint density at radius 2 is 0.969 bits per heavy atom. The molecule has 5 unspecified atom stereocenters. The lowest BCUT2D eigenvalue weighted by atomic mass is 9.81. The predicted molar refractivity (Wildman–Crippen MR) is 397 cm³/mol. The zero-order valence-corrected chi connectivity index (χ0v) is 64.8. The van der Waals surface area contributed by atoms with E-state index in [9.17, 15) is 18.0 Å². The third-order valence-corrected chi connectivity index (χ3v) is 23.3. The lowest BCUT2D eigenvalue weighted by Gasteiger charge is -2.38. The van der Waals surface area contributed by atoms with Gasteiger partial charge in [-0.1, -0.05) is 131 Å². The van der Waals surface area contributed by atoms with Crippen molar-refractivity contribution < 1.29 is 60.1 Å². The summed E-state index contributed by atoms with van der Waals surface area (Å²) in [6, 6.07) is 20.6. The number of rotatable bonds is 30. The second kappa shape index (κ2) is 39.4. The molecule has 13 nitrogen and oxygen atoms in total. The van der Waals surface area contributed by atoms with Crippen LogP contribution in [-0.2, 0) is 61.8 Å². The molecule has 8 rings (SSSR count). The summed E-state index contributed by atoms with van der Waals surface area (Å²) in [6.07, 6.45) is 18.4. The van der Waals surface area contributed by atoms with E-state index in [4.69, 9.17) is 42.1 Å². The monoisotopic (exact) mass is 1400 g/mol. The van der Waals surface area contributed by atoms with Gasteiger partial charge in [0.25, 0.3) is 10.1 Å². The molecule has 16 heteroatoms. The Balaban J connectivity index is 0.000000278. The number of esters is 2. The molecule has 2 aromatic carbocycles. The van der Waals surface area contributed by atoms with Crippen molar-refractivity contribution in [1.82, 2.24) is 0 Å². The molecule has 6 aliphatic rings. The normalized spacial score (nSPS) is 31.5. The number of carbonyl (C=O) groups excluding carboxylic acids is 2. The zero-order chi connectivity index (χ0) is 71.4. The van der Waals surface area contributed by atoms with Crippen LogP contribution in [0.3, 0.4) is 0 Å². The van der Waals surface area contributed by atoms with Gasteiger partial charge < -0.3 is 37.9 Å². The molecule has 6 fully saturated rings. The van der Waals surface area contributed by atoms with Gasteiger partial charge in [-0.3, -0.25) is 13.8 Å². The molecular weight excluding hydrogens is 1280 g/mol. The van der Waals surface area contributed by atoms with E-state index < -0.39 is 20.9 Å². The van der Waals surface area contributed by atoms with Crippen LogP contribution in [0, 0.1) is 58.2 Å². The molecule has 6 heterocycles. The number of benzene rings is 2. The summed E-state index contributed by atoms with van der Waals surface area (Å²) in [6.45, 7) is 48.0. The molecular formula is C81H128O13S3. The number of ether oxygens (including phenoxy) is 8. The van der Waals surface area contributed by atoms with E-state index in [0.29, 0.717) is 61.2 Å². The predicted octanol–water partition coefficient (Wildman–Crippen LogP) is 18.8. The second-order valence-corrected chi connectivity index (χ2v) is 35.0. The lowest BCUT2D eigenvalue weighted by molar-refractivity contribution is -0.154. The van der Waals surface area contributed by atoms with Crippen LogP contribution in [0.4, 0.5) is 0 Å². The lowest BCUT2D eigenvalue weighted by Crippen LogP contribution is -2.38. The first-order valence-corrected chi connectivity index (χ1v) is 40.2. The van der Waals surface area contributed by atoms with Crippen molar-refractivity contribution >= 4 is 46.4 Å². The molecule has 20 atom stereocenters. The molecule has 0 aromatic heterocycles. The van der Waals surface area contributed by atoms with E-state index in [-0.39, 0.29) is 97.5 Å². The molecule has 6 saturated heterocycles. The maximum Gasteiger partial charge on any atom is 0.311 e. The Morgan fingerprint density at radius 3 is 1.36 bits per heavy atom. The average molecular weight is 1410 g/mol. The third-order valence-electron chi connectivity index (χ3n) is 21.3. The summed E-state index contributed by atoms with van der Waals surface area (Å²) in [7, 11) is -3.55. The van der Waals surface area contributed by atoms with Gasteiger partial charge >= 0.3 is 11.9 Å². The summed E-state index contributed by atoms with van der Waals surface area (Å²) in [4.78, 5) is 26.4. The summed E-state index contributed by atoms with van der Waals surface area (Å²) in [5, 5.41) is 0. The van der Waals surface area contributed by atoms with E-state index in [2.05, 4.69) is 125 Å². The fraction of sp³-hybridized carbons (Fsp3) is 0.728. The van der Waals surface area contributed by atoms with Gasteiger partial charge in [-0.05, 0) is 219 Å². The SMILES string of the molecule is C=C1C[C@H](CCCOC(=O)C(C)(C)C)OC1CC[C@H]1C[C@@H](C)C(=C)C(C[C@@H]2O[C@H](C[C@H](C)CC)[C@H](C)C2COS(C)(=O)=O)O1.C=C1C[C@H](CCCOC(=O)C(C)(C)C)OC1CC[C@H]1C[C@@H](C)C(=C)C(C[C@@H]2O[C@H](C[C@H](C)CC)[C@H](C)[C@H]2CSc2ccccc2)O1.Sc1ccccc1. The van der Waals surface area contributed by atoms with E-state index in [0.717, 1.165) is 131 Å². The van der Waals surface area contributed by atoms with Crippen molar-refractivity contribution in [2.45, 2.75) is 296 Å². The quantitative estimate of drug-likeness (QED) is 0.0197. The number of hydrogen-bond donors (Lipinski definition) is 1. The van der Waals surface area contributed by atoms with Crippen LogP contribution in [0.5, 0.6) is 0 Å². The zero-order valence-electron chi connectivity index (χ0n) is 62.3. The van der Waals surface area contributed by atoms with Gasteiger partial charge in [-0.2, -0.15) is 8.42 Å². The first-order valence-electron chi connectivity index (χ1n) is 37.0. The molecule has 0 saturated carbocycles. The largest absolute Gasteiger partial charge is 0.465 e. The van der Waals surface area contributed by atoms with Crippen molar-refractivity contribution in [2.75, 3.05) is 31.8 Å². The fourth-order valence-corrected chi connectivity index (χ4v) is 16.2. The molecule has 0 bridgehead atoms. The van der Waals surface area contributed by atoms with Crippen LogP contribution in [-0.4, -0.2) is 125 Å². The molecule has 0 N–H and O–H groups in total. The van der Waals surface area contributed by atoms with Crippen molar-refractivity contribution in [3.63, 3.8) is 0 Å². The molecule has 548 valence electrons. The first-order chi connectivity index (χ1) is 45.7. The fourth-order valence-electron chi connectivity index (χ4n) is 14.3. The van der Waals surface area contributed by atoms with E-state index in [1.165, 1.54) is 22.5 Å². The maximum atomic E-state index is 12.0. The molecule has 0 radical (unpaired) electrons. The Morgan fingerprint density at radius 1 is 0.567 bits per heavy atom. The third kappa shape index (κ3) is 27.1. The second-order valence-electron chi connectivity index (χ2n) is 31.7. The summed E-state index contributed by atoms with van der Waals surface area (Å²) < 4.78 is 79.7. The Labute approximate surface area is 597 Å². The van der Waals surface area contributed by atoms with Crippen molar-refractivity contribution in [2.24, 2.45) is 58.2 Å². The molecule has 6 aliphatic heterocycles. The highest BCUT2D eigenvalue weighted by atomic mass is 32.2. The average Bonchev–Trinajstić information content (AvgIpc) is 1.70. The minimum absolute atomic E-state index is 0.0115. The molecule has 0 amide bonds. The standard InChI is InChI=1S/C40H62O5S.C35H60O8S.C6H6S/c1-10-26(2)21-36-30(6)34(25-46-33-16-12-11-13-17-33)38(45-36)24-37-29(5)27(3)22-32(44-37)18-19-35-28(4)23-31(43-35)15-14-20-42-39(41)40(7,8)9;1-11-22(2)17-31-26(6)29(21-40-44(10,37)38)33(43-31)20-32-25(5)23(3)18-28(42-32)14-15-30-24(4)19-27(41-30)13-12-16-39-34(36)35(7,8)9;7-6-4-2-1-3-5-6/h11-13,16-17,26-27,30-32,34-38H,4-5,10,14-15,18-25H2,1-3,6-9H3;22-23,26-33H,4-5,11-21H2,1-3,6-10H3;1-5,7H/t26-,27-,30-,31+,32+,34-,35?,36-,37?,38+;22-,23-,26-,27+,28+,29?,30?,31-,32?,33+;/m11./s1. The summed E-state index contributed by atoms with van der Waals surface area (Å²) >= 11 is 6.04. The van der Waals surface area contributed by atoms with Crippen LogP contribution in [0.25, 0.3) is 0 Å². The van der Waals surface area contributed by atoms with Gasteiger partial charge in [0.05, 0.1) is 110 Å². The van der Waals surface area contributed by atoms with Gasteiger partial charge in [-0.25, -0.2) is 0 Å². The van der Waals surface area contributed by atoms with Crippen LogP contribution >= 0.6 is 24.4 Å². The van der Waals surface area contributed by atoms with Crippen LogP contribution in [0.15, 0.2) is 119 Å². The van der Waals surface area contributed by atoms with Crippen molar-refractivity contribution in [3.05, 3.63) is 109 Å². The van der Waals surface area contributed by atoms with E-state index in [1.54, 1.807) is 0 Å². The first kappa shape index (κ1) is 82.7. The summed E-state index contributed by atoms with van der Waals surface area (Å²) in [5.41, 5.74) is 3.66. The molecule has 2 aromatic rings. The van der Waals surface area contributed by atoms with Crippen molar-refractivity contribution in [3.8, 4) is 0 Å². The highest BCUT2D eigenvalue weighted by Gasteiger charge is 2.47. The van der Waals surface area contributed by atoms with Crippen LogP contribution < -0.4 is 0 Å². The number of thiol groups is 1. The molecule has 0 aliphatic carbocycles. The van der Waals surface area contributed by atoms with Gasteiger partial charge in [0.1, 0.15) is 0 Å². The van der Waals surface area contributed by atoms with Gasteiger partial charge in [0.15, 0.2) is 0 Å².